The number of hydrogen-bond acceptors (Lipinski definition) is 3. The maximum absolute atomic E-state index is 10.4. The first kappa shape index (κ1) is 7.50. The lowest BCUT2D eigenvalue weighted by atomic mass is 9.96. The van der Waals surface area contributed by atoms with Gasteiger partial charge in [-0.3, -0.25) is 0 Å². The van der Waals surface area contributed by atoms with E-state index in [2.05, 4.69) is 5.32 Å². The predicted octanol–water partition coefficient (Wildman–Crippen LogP) is -0.695. The summed E-state index contributed by atoms with van der Waals surface area (Å²) in [5.74, 6) is -0.712. The topological polar surface area (TPSA) is 58.6 Å². The summed E-state index contributed by atoms with van der Waals surface area (Å²) < 4.78 is 4.78. The molecule has 0 radical (unpaired) electrons. The molecule has 0 amide bonds. The molecule has 2 N–H and O–H groups in total. The minimum Gasteiger partial charge on any atom is -0.479 e. The van der Waals surface area contributed by atoms with Crippen molar-refractivity contribution in [2.75, 3.05) is 20.2 Å². The van der Waals surface area contributed by atoms with Crippen LogP contribution in [0.3, 0.4) is 0 Å². The third-order valence-electron chi connectivity index (χ3n) is 1.74. The first-order chi connectivity index (χ1) is 4.75. The second-order valence-corrected chi connectivity index (χ2v) is 2.41. The average Bonchev–Trinajstić information content (AvgIpc) is 1.76. The highest BCUT2D eigenvalue weighted by molar-refractivity contribution is 5.72. The van der Waals surface area contributed by atoms with Crippen molar-refractivity contribution in [3.63, 3.8) is 0 Å². The Morgan fingerprint density at radius 3 is 2.50 bits per heavy atom. The molecule has 1 aliphatic rings. The van der Waals surface area contributed by atoms with E-state index in [9.17, 15) is 4.79 Å². The van der Waals surface area contributed by atoms with Gasteiger partial charge in [0, 0.05) is 26.1 Å². The van der Waals surface area contributed by atoms with E-state index in [0.717, 1.165) is 13.1 Å². The number of carbonyl (C=O) groups is 1. The number of hydrogen-bond donors (Lipinski definition) is 2. The molecule has 1 unspecified atom stereocenters. The van der Waals surface area contributed by atoms with Gasteiger partial charge in [-0.25, -0.2) is 4.79 Å². The van der Waals surface area contributed by atoms with Crippen LogP contribution < -0.4 is 5.32 Å². The number of carboxylic acids is 1. The molecule has 1 heterocycles. The standard InChI is InChI=1S/C6H11NO3/c1-10-5(6(8)9)4-2-7-3-4/h4-5,7H,2-3H2,1H3,(H,8,9). The molecule has 0 spiro atoms. The van der Waals surface area contributed by atoms with Crippen molar-refractivity contribution in [2.45, 2.75) is 6.10 Å². The van der Waals surface area contributed by atoms with Crippen LogP contribution in [-0.2, 0) is 9.53 Å². The molecule has 58 valence electrons. The SMILES string of the molecule is COC(C(=O)O)C1CNC1. The molecule has 0 aromatic rings. The van der Waals surface area contributed by atoms with Crippen molar-refractivity contribution >= 4 is 5.97 Å². The van der Waals surface area contributed by atoms with Gasteiger partial charge in [0.05, 0.1) is 0 Å². The molecule has 4 heteroatoms. The molecule has 1 atom stereocenters. The minimum absolute atomic E-state index is 0.155. The van der Waals surface area contributed by atoms with Crippen LogP contribution >= 0.6 is 0 Å². The maximum Gasteiger partial charge on any atom is 0.333 e. The molecular weight excluding hydrogens is 134 g/mol. The third-order valence-corrected chi connectivity index (χ3v) is 1.74. The molecule has 1 fully saturated rings. The van der Waals surface area contributed by atoms with E-state index in [1.54, 1.807) is 0 Å². The molecular formula is C6H11NO3. The molecule has 1 aliphatic heterocycles. The van der Waals surface area contributed by atoms with Gasteiger partial charge in [-0.05, 0) is 0 Å². The van der Waals surface area contributed by atoms with Gasteiger partial charge in [-0.15, -0.1) is 0 Å². The van der Waals surface area contributed by atoms with Crippen LogP contribution in [0.15, 0.2) is 0 Å². The Balaban J connectivity index is 2.39. The number of aliphatic carboxylic acids is 1. The summed E-state index contributed by atoms with van der Waals surface area (Å²) in [7, 11) is 1.43. The normalized spacial score (nSPS) is 21.7. The Bertz CT molecular complexity index is 133. The summed E-state index contributed by atoms with van der Waals surface area (Å²) >= 11 is 0. The van der Waals surface area contributed by atoms with E-state index < -0.39 is 12.1 Å². The fourth-order valence-electron chi connectivity index (χ4n) is 1.02. The van der Waals surface area contributed by atoms with Crippen LogP contribution in [0.1, 0.15) is 0 Å². The quantitative estimate of drug-likeness (QED) is 0.551. The molecule has 0 bridgehead atoms. The van der Waals surface area contributed by atoms with Crippen molar-refractivity contribution in [3.05, 3.63) is 0 Å². The molecule has 0 saturated carbocycles. The molecule has 10 heavy (non-hydrogen) atoms. The molecule has 1 rings (SSSR count). The van der Waals surface area contributed by atoms with E-state index >= 15 is 0 Å². The highest BCUT2D eigenvalue weighted by atomic mass is 16.5. The van der Waals surface area contributed by atoms with Crippen LogP contribution in [0, 0.1) is 5.92 Å². The fraction of sp³-hybridized carbons (Fsp3) is 0.833. The van der Waals surface area contributed by atoms with Crippen molar-refractivity contribution in [1.29, 1.82) is 0 Å². The minimum atomic E-state index is -0.867. The highest BCUT2D eigenvalue weighted by Gasteiger charge is 2.32. The monoisotopic (exact) mass is 145 g/mol. The largest absolute Gasteiger partial charge is 0.479 e. The Morgan fingerprint density at radius 1 is 1.80 bits per heavy atom. The molecule has 1 saturated heterocycles. The first-order valence-corrected chi connectivity index (χ1v) is 3.22. The van der Waals surface area contributed by atoms with Crippen LogP contribution in [0.2, 0.25) is 0 Å². The van der Waals surface area contributed by atoms with E-state index in [4.69, 9.17) is 9.84 Å². The molecule has 0 aromatic carbocycles. The van der Waals surface area contributed by atoms with Gasteiger partial charge in [-0.1, -0.05) is 0 Å². The number of nitrogens with one attached hydrogen (secondary N) is 1. The number of carboxylic acid groups (broad SMARTS) is 1. The van der Waals surface area contributed by atoms with Crippen molar-refractivity contribution in [3.8, 4) is 0 Å². The fourth-order valence-corrected chi connectivity index (χ4v) is 1.02. The van der Waals surface area contributed by atoms with Crippen molar-refractivity contribution < 1.29 is 14.6 Å². The first-order valence-electron chi connectivity index (χ1n) is 3.22. The van der Waals surface area contributed by atoms with E-state index in [1.807, 2.05) is 0 Å². The summed E-state index contributed by atoms with van der Waals surface area (Å²) in [5.41, 5.74) is 0. The maximum atomic E-state index is 10.4. The lowest BCUT2D eigenvalue weighted by molar-refractivity contribution is -0.153. The Morgan fingerprint density at radius 2 is 2.40 bits per heavy atom. The Kier molecular flexibility index (Phi) is 2.24. The summed E-state index contributed by atoms with van der Waals surface area (Å²) in [6, 6.07) is 0. The zero-order valence-corrected chi connectivity index (χ0v) is 5.83. The molecule has 4 nitrogen and oxygen atoms in total. The van der Waals surface area contributed by atoms with Crippen LogP contribution in [-0.4, -0.2) is 37.4 Å². The Hall–Kier alpha value is -0.610. The van der Waals surface area contributed by atoms with Gasteiger partial charge in [0.15, 0.2) is 6.10 Å². The van der Waals surface area contributed by atoms with E-state index in [-0.39, 0.29) is 5.92 Å². The van der Waals surface area contributed by atoms with Crippen LogP contribution in [0.5, 0.6) is 0 Å². The van der Waals surface area contributed by atoms with E-state index in [0.29, 0.717) is 0 Å². The second-order valence-electron chi connectivity index (χ2n) is 2.41. The van der Waals surface area contributed by atoms with Crippen molar-refractivity contribution in [2.24, 2.45) is 5.92 Å². The van der Waals surface area contributed by atoms with E-state index in [1.165, 1.54) is 7.11 Å². The zero-order chi connectivity index (χ0) is 7.56. The number of ether oxygens (including phenoxy) is 1. The predicted molar refractivity (Wildman–Crippen MR) is 34.8 cm³/mol. The lowest BCUT2D eigenvalue weighted by Crippen LogP contribution is -2.51. The van der Waals surface area contributed by atoms with Crippen LogP contribution in [0.4, 0.5) is 0 Å². The number of methoxy groups -OCH3 is 1. The van der Waals surface area contributed by atoms with Gasteiger partial charge in [0.1, 0.15) is 0 Å². The smallest absolute Gasteiger partial charge is 0.333 e. The second kappa shape index (κ2) is 2.98. The lowest BCUT2D eigenvalue weighted by Gasteiger charge is -2.30. The average molecular weight is 145 g/mol. The molecule has 0 aliphatic carbocycles. The summed E-state index contributed by atoms with van der Waals surface area (Å²) in [6.07, 6.45) is -0.624. The third kappa shape index (κ3) is 1.27. The molecule has 0 aromatic heterocycles. The Labute approximate surface area is 59.2 Å². The van der Waals surface area contributed by atoms with Crippen LogP contribution in [0.25, 0.3) is 0 Å². The van der Waals surface area contributed by atoms with Gasteiger partial charge in [-0.2, -0.15) is 0 Å². The highest BCUT2D eigenvalue weighted by Crippen LogP contribution is 2.11. The van der Waals surface area contributed by atoms with Gasteiger partial charge >= 0.3 is 5.97 Å². The van der Waals surface area contributed by atoms with Gasteiger partial charge in [0.2, 0.25) is 0 Å². The number of rotatable bonds is 3. The van der Waals surface area contributed by atoms with Crippen molar-refractivity contribution in [1.82, 2.24) is 5.32 Å². The summed E-state index contributed by atoms with van der Waals surface area (Å²) in [5, 5.41) is 11.5. The zero-order valence-electron chi connectivity index (χ0n) is 5.83. The van der Waals surface area contributed by atoms with Gasteiger partial charge < -0.3 is 15.2 Å². The van der Waals surface area contributed by atoms with Gasteiger partial charge in [0.25, 0.3) is 0 Å². The summed E-state index contributed by atoms with van der Waals surface area (Å²) in [6.45, 7) is 1.51. The summed E-state index contributed by atoms with van der Waals surface area (Å²) in [4.78, 5) is 10.4.